The fraction of sp³-hybridized carbons (Fsp3) is 0.444. The van der Waals surface area contributed by atoms with E-state index in [1.807, 2.05) is 0 Å². The number of nitrogens with one attached hydrogen (secondary N) is 1. The summed E-state index contributed by atoms with van der Waals surface area (Å²) in [4.78, 5) is 26.0. The number of hydrogen-bond acceptors (Lipinski definition) is 5. The predicted molar refractivity (Wildman–Crippen MR) is 52.5 cm³/mol. The molecule has 0 spiro atoms. The second-order valence-corrected chi connectivity index (χ2v) is 4.48. The summed E-state index contributed by atoms with van der Waals surface area (Å²) < 4.78 is 0. The monoisotopic (exact) mass is 225 g/mol. The Morgan fingerprint density at radius 2 is 2.20 bits per heavy atom. The third-order valence-corrected chi connectivity index (χ3v) is 3.21. The number of carbonyl (C=O) groups is 2. The van der Waals surface area contributed by atoms with E-state index in [1.54, 1.807) is 6.92 Å². The highest BCUT2D eigenvalue weighted by Gasteiger charge is 2.30. The van der Waals surface area contributed by atoms with Gasteiger partial charge in [0.2, 0.25) is 5.91 Å². The molecule has 1 aliphatic carbocycles. The SMILES string of the molecule is Cc1nc(NC(=O)C2CC2)sc1C(=O)[O-]. The molecule has 0 atom stereocenters. The van der Waals surface area contributed by atoms with Crippen molar-refractivity contribution in [2.24, 2.45) is 5.92 Å². The van der Waals surface area contributed by atoms with Crippen LogP contribution in [0.2, 0.25) is 0 Å². The van der Waals surface area contributed by atoms with Crippen LogP contribution in [0.25, 0.3) is 0 Å². The van der Waals surface area contributed by atoms with Crippen LogP contribution in [0.5, 0.6) is 0 Å². The quantitative estimate of drug-likeness (QED) is 0.794. The summed E-state index contributed by atoms with van der Waals surface area (Å²) in [5.41, 5.74) is 0.381. The zero-order chi connectivity index (χ0) is 11.0. The van der Waals surface area contributed by atoms with Crippen LogP contribution in [0, 0.1) is 12.8 Å². The molecule has 80 valence electrons. The molecule has 6 heteroatoms. The van der Waals surface area contributed by atoms with Crippen molar-refractivity contribution in [2.75, 3.05) is 5.32 Å². The zero-order valence-electron chi connectivity index (χ0n) is 8.07. The van der Waals surface area contributed by atoms with Crippen molar-refractivity contribution in [1.29, 1.82) is 0 Å². The third-order valence-electron chi connectivity index (χ3n) is 2.16. The van der Waals surface area contributed by atoms with Crippen LogP contribution >= 0.6 is 11.3 Å². The van der Waals surface area contributed by atoms with Crippen LogP contribution in [-0.4, -0.2) is 16.9 Å². The second-order valence-electron chi connectivity index (χ2n) is 3.48. The molecule has 1 aromatic heterocycles. The van der Waals surface area contributed by atoms with Crippen molar-refractivity contribution in [3.63, 3.8) is 0 Å². The van der Waals surface area contributed by atoms with Gasteiger partial charge in [-0.05, 0) is 19.8 Å². The van der Waals surface area contributed by atoms with Gasteiger partial charge in [0, 0.05) is 5.92 Å². The first-order valence-electron chi connectivity index (χ1n) is 4.57. The highest BCUT2D eigenvalue weighted by Crippen LogP contribution is 2.31. The fourth-order valence-corrected chi connectivity index (χ4v) is 2.00. The van der Waals surface area contributed by atoms with Crippen molar-refractivity contribution >= 4 is 28.3 Å². The summed E-state index contributed by atoms with van der Waals surface area (Å²) in [6.45, 7) is 1.58. The lowest BCUT2D eigenvalue weighted by Crippen LogP contribution is -2.21. The van der Waals surface area contributed by atoms with Crippen LogP contribution in [0.15, 0.2) is 0 Å². The number of aryl methyl sites for hydroxylation is 1. The number of aromatic nitrogens is 1. The summed E-state index contributed by atoms with van der Waals surface area (Å²) >= 11 is 0.936. The normalized spacial score (nSPS) is 15.0. The Kier molecular flexibility index (Phi) is 2.44. The van der Waals surface area contributed by atoms with Crippen LogP contribution in [-0.2, 0) is 4.79 Å². The molecule has 0 aromatic carbocycles. The first-order chi connectivity index (χ1) is 7.08. The van der Waals surface area contributed by atoms with Crippen molar-refractivity contribution in [3.8, 4) is 0 Å². The van der Waals surface area contributed by atoms with E-state index in [0.29, 0.717) is 10.8 Å². The minimum Gasteiger partial charge on any atom is -0.544 e. The van der Waals surface area contributed by atoms with Crippen LogP contribution < -0.4 is 10.4 Å². The Morgan fingerprint density at radius 3 is 2.67 bits per heavy atom. The Morgan fingerprint density at radius 1 is 1.53 bits per heavy atom. The van der Waals surface area contributed by atoms with E-state index in [4.69, 9.17) is 0 Å². The molecule has 1 fully saturated rings. The molecular formula is C9H9N2O3S-. The number of anilines is 1. The summed E-state index contributed by atoms with van der Waals surface area (Å²) in [7, 11) is 0. The van der Waals surface area contributed by atoms with Gasteiger partial charge in [0.1, 0.15) is 0 Å². The zero-order valence-corrected chi connectivity index (χ0v) is 8.89. The Bertz CT molecular complexity index is 423. The van der Waals surface area contributed by atoms with Crippen molar-refractivity contribution in [1.82, 2.24) is 4.98 Å². The van der Waals surface area contributed by atoms with E-state index in [-0.39, 0.29) is 16.7 Å². The molecule has 0 saturated heterocycles. The van der Waals surface area contributed by atoms with E-state index in [9.17, 15) is 14.7 Å². The number of thiazole rings is 1. The second kappa shape index (κ2) is 3.62. The number of rotatable bonds is 3. The van der Waals surface area contributed by atoms with Gasteiger partial charge >= 0.3 is 0 Å². The van der Waals surface area contributed by atoms with Crippen LogP contribution in [0.3, 0.4) is 0 Å². The minimum absolute atomic E-state index is 0.0705. The lowest BCUT2D eigenvalue weighted by atomic mass is 10.4. The van der Waals surface area contributed by atoms with E-state index in [1.165, 1.54) is 0 Å². The maximum absolute atomic E-state index is 11.4. The Balaban J connectivity index is 2.11. The van der Waals surface area contributed by atoms with Gasteiger partial charge in [-0.15, -0.1) is 0 Å². The predicted octanol–water partition coefficient (Wildman–Crippen LogP) is 0.164. The minimum atomic E-state index is -1.25. The van der Waals surface area contributed by atoms with Gasteiger partial charge in [0.15, 0.2) is 5.13 Å². The number of amides is 1. The summed E-state index contributed by atoms with van der Waals surface area (Å²) in [6, 6.07) is 0. The lowest BCUT2D eigenvalue weighted by Gasteiger charge is -1.97. The maximum Gasteiger partial charge on any atom is 0.229 e. The number of carboxylic acid groups (broad SMARTS) is 1. The molecule has 5 nitrogen and oxygen atoms in total. The number of nitrogens with zero attached hydrogens (tertiary/aromatic N) is 1. The van der Waals surface area contributed by atoms with Gasteiger partial charge in [-0.1, -0.05) is 11.3 Å². The first-order valence-corrected chi connectivity index (χ1v) is 5.39. The van der Waals surface area contributed by atoms with Gasteiger partial charge in [-0.3, -0.25) is 4.79 Å². The smallest absolute Gasteiger partial charge is 0.229 e. The van der Waals surface area contributed by atoms with E-state index < -0.39 is 5.97 Å². The summed E-state index contributed by atoms with van der Waals surface area (Å²) in [6.07, 6.45) is 1.81. The highest BCUT2D eigenvalue weighted by atomic mass is 32.1. The molecule has 1 saturated carbocycles. The standard InChI is InChI=1S/C9H10N2O3S/c1-4-6(8(13)14)15-9(10-4)11-7(12)5-2-3-5/h5H,2-3H2,1H3,(H,13,14)(H,10,11,12)/p-1. The van der Waals surface area contributed by atoms with Crippen molar-refractivity contribution < 1.29 is 14.7 Å². The molecule has 0 unspecified atom stereocenters. The molecule has 1 aliphatic rings. The Hall–Kier alpha value is -1.43. The molecule has 1 heterocycles. The Labute approximate surface area is 90.1 Å². The molecule has 1 N–H and O–H groups in total. The molecule has 0 bridgehead atoms. The van der Waals surface area contributed by atoms with Gasteiger partial charge in [0.25, 0.3) is 0 Å². The van der Waals surface area contributed by atoms with Crippen molar-refractivity contribution in [2.45, 2.75) is 19.8 Å². The number of aromatic carboxylic acids is 1. The largest absolute Gasteiger partial charge is 0.544 e. The highest BCUT2D eigenvalue weighted by molar-refractivity contribution is 7.17. The lowest BCUT2D eigenvalue weighted by molar-refractivity contribution is -0.254. The van der Waals surface area contributed by atoms with E-state index in [2.05, 4.69) is 10.3 Å². The topological polar surface area (TPSA) is 82.1 Å². The first kappa shape index (κ1) is 10.1. The van der Waals surface area contributed by atoms with Crippen molar-refractivity contribution in [3.05, 3.63) is 10.6 Å². The number of carbonyl (C=O) groups excluding carboxylic acids is 2. The van der Waals surface area contributed by atoms with Crippen LogP contribution in [0.4, 0.5) is 5.13 Å². The maximum atomic E-state index is 11.4. The molecule has 1 amide bonds. The number of carboxylic acids is 1. The molecule has 2 rings (SSSR count). The average Bonchev–Trinajstić information content (AvgIpc) is 2.91. The molecule has 0 aliphatic heterocycles. The van der Waals surface area contributed by atoms with Gasteiger partial charge in [-0.2, -0.15) is 0 Å². The average molecular weight is 225 g/mol. The number of hydrogen-bond donors (Lipinski definition) is 1. The fourth-order valence-electron chi connectivity index (χ4n) is 1.19. The third kappa shape index (κ3) is 2.15. The summed E-state index contributed by atoms with van der Waals surface area (Å²) in [5, 5.41) is 13.5. The summed E-state index contributed by atoms with van der Waals surface area (Å²) in [5.74, 6) is -1.24. The molecular weight excluding hydrogens is 216 g/mol. The van der Waals surface area contributed by atoms with Gasteiger partial charge < -0.3 is 15.2 Å². The molecule has 15 heavy (non-hydrogen) atoms. The molecule has 1 aromatic rings. The van der Waals surface area contributed by atoms with E-state index in [0.717, 1.165) is 24.2 Å². The van der Waals surface area contributed by atoms with E-state index >= 15 is 0 Å². The van der Waals surface area contributed by atoms with Gasteiger partial charge in [0.05, 0.1) is 16.5 Å². The van der Waals surface area contributed by atoms with Gasteiger partial charge in [-0.25, -0.2) is 4.98 Å². The molecule has 0 radical (unpaired) electrons. The van der Waals surface area contributed by atoms with Crippen LogP contribution in [0.1, 0.15) is 28.2 Å².